The van der Waals surface area contributed by atoms with Gasteiger partial charge in [-0.3, -0.25) is 4.79 Å². The number of nitrogens with zero attached hydrogens (tertiary/aromatic N) is 1. The molecule has 0 radical (unpaired) electrons. The van der Waals surface area contributed by atoms with Crippen molar-refractivity contribution >= 4 is 44.8 Å². The number of ether oxygens (including phenoxy) is 1. The van der Waals surface area contributed by atoms with Gasteiger partial charge in [-0.15, -0.1) is 0 Å². The highest BCUT2D eigenvalue weighted by Crippen LogP contribution is 2.32. The van der Waals surface area contributed by atoms with Crippen molar-refractivity contribution in [2.75, 3.05) is 25.0 Å². The maximum absolute atomic E-state index is 13.0. The standard InChI is InChI=1S/C19H20Cl2N2O4S/c1-2-27-16-9-8-13(12-17(16)28(25,26)23-10-3-4-11-23)22-19(24)14-6-5-7-15(20)18(14)21/h5-9,12H,2-4,10-11H2,1H3,(H,22,24). The summed E-state index contributed by atoms with van der Waals surface area (Å²) in [5, 5.41) is 3.08. The fourth-order valence-corrected chi connectivity index (χ4v) is 5.07. The third-order valence-electron chi connectivity index (χ3n) is 4.38. The fourth-order valence-electron chi connectivity index (χ4n) is 3.01. The van der Waals surface area contributed by atoms with Crippen LogP contribution in [0.15, 0.2) is 41.3 Å². The van der Waals surface area contributed by atoms with Crippen molar-refractivity contribution in [1.82, 2.24) is 4.31 Å². The number of hydrogen-bond acceptors (Lipinski definition) is 4. The molecule has 2 aromatic carbocycles. The summed E-state index contributed by atoms with van der Waals surface area (Å²) in [4.78, 5) is 12.6. The quantitative estimate of drug-likeness (QED) is 0.717. The lowest BCUT2D eigenvalue weighted by Crippen LogP contribution is -2.28. The van der Waals surface area contributed by atoms with E-state index in [9.17, 15) is 13.2 Å². The van der Waals surface area contributed by atoms with Crippen LogP contribution in [0.5, 0.6) is 5.75 Å². The number of hydrogen-bond donors (Lipinski definition) is 1. The first-order valence-corrected chi connectivity index (χ1v) is 11.1. The van der Waals surface area contributed by atoms with Gasteiger partial charge in [-0.05, 0) is 50.1 Å². The first-order chi connectivity index (χ1) is 13.3. The molecule has 0 saturated carbocycles. The summed E-state index contributed by atoms with van der Waals surface area (Å²) in [6, 6.07) is 9.28. The molecule has 1 fully saturated rings. The van der Waals surface area contributed by atoms with E-state index in [2.05, 4.69) is 5.32 Å². The molecule has 0 aliphatic carbocycles. The van der Waals surface area contributed by atoms with Crippen LogP contribution in [0.4, 0.5) is 5.69 Å². The lowest BCUT2D eigenvalue weighted by Gasteiger charge is -2.19. The summed E-state index contributed by atoms with van der Waals surface area (Å²) in [5.74, 6) is -0.227. The van der Waals surface area contributed by atoms with Crippen LogP contribution in [0.25, 0.3) is 0 Å². The molecule has 1 amide bonds. The number of halogens is 2. The van der Waals surface area contributed by atoms with Crippen molar-refractivity contribution in [1.29, 1.82) is 0 Å². The summed E-state index contributed by atoms with van der Waals surface area (Å²) in [6.07, 6.45) is 1.65. The summed E-state index contributed by atoms with van der Waals surface area (Å²) >= 11 is 12.1. The van der Waals surface area contributed by atoms with Crippen molar-refractivity contribution < 1.29 is 17.9 Å². The molecule has 6 nitrogen and oxygen atoms in total. The molecule has 3 rings (SSSR count). The van der Waals surface area contributed by atoms with Gasteiger partial charge in [0.15, 0.2) is 0 Å². The number of amides is 1. The molecule has 0 aromatic heterocycles. The van der Waals surface area contributed by atoms with E-state index in [1.54, 1.807) is 37.3 Å². The minimum atomic E-state index is -3.72. The predicted molar refractivity (Wildman–Crippen MR) is 110 cm³/mol. The summed E-state index contributed by atoms with van der Waals surface area (Å²) in [6.45, 7) is 3.06. The average Bonchev–Trinajstić information content (AvgIpc) is 3.21. The average molecular weight is 443 g/mol. The van der Waals surface area contributed by atoms with E-state index in [4.69, 9.17) is 27.9 Å². The van der Waals surface area contributed by atoms with Gasteiger partial charge in [-0.1, -0.05) is 29.3 Å². The van der Waals surface area contributed by atoms with Crippen molar-refractivity contribution in [2.24, 2.45) is 0 Å². The van der Waals surface area contributed by atoms with Gasteiger partial charge in [-0.2, -0.15) is 4.31 Å². The molecule has 1 heterocycles. The zero-order chi connectivity index (χ0) is 20.3. The lowest BCUT2D eigenvalue weighted by atomic mass is 10.2. The molecule has 150 valence electrons. The predicted octanol–water partition coefficient (Wildman–Crippen LogP) is 4.43. The highest BCUT2D eigenvalue weighted by atomic mass is 35.5. The van der Waals surface area contributed by atoms with Crippen LogP contribution in [-0.2, 0) is 10.0 Å². The van der Waals surface area contributed by atoms with E-state index in [1.165, 1.54) is 10.4 Å². The zero-order valence-corrected chi connectivity index (χ0v) is 17.6. The van der Waals surface area contributed by atoms with Gasteiger partial charge in [-0.25, -0.2) is 8.42 Å². The minimum Gasteiger partial charge on any atom is -0.492 e. The molecule has 1 aliphatic heterocycles. The summed E-state index contributed by atoms with van der Waals surface area (Å²) in [7, 11) is -3.72. The Kier molecular flexibility index (Phi) is 6.50. The van der Waals surface area contributed by atoms with Crippen LogP contribution >= 0.6 is 23.2 Å². The molecular weight excluding hydrogens is 423 g/mol. The van der Waals surface area contributed by atoms with Gasteiger partial charge in [0.1, 0.15) is 10.6 Å². The summed E-state index contributed by atoms with van der Waals surface area (Å²) < 4.78 is 33.0. The fraction of sp³-hybridized carbons (Fsp3) is 0.316. The molecule has 9 heteroatoms. The Balaban J connectivity index is 1.94. The van der Waals surface area contributed by atoms with Crippen LogP contribution in [-0.4, -0.2) is 38.3 Å². The van der Waals surface area contributed by atoms with Crippen molar-refractivity contribution in [3.05, 3.63) is 52.0 Å². The SMILES string of the molecule is CCOc1ccc(NC(=O)c2cccc(Cl)c2Cl)cc1S(=O)(=O)N1CCCC1. The van der Waals surface area contributed by atoms with Crippen molar-refractivity contribution in [2.45, 2.75) is 24.7 Å². The first-order valence-electron chi connectivity index (χ1n) is 8.87. The Morgan fingerprint density at radius 1 is 1.18 bits per heavy atom. The Hall–Kier alpha value is -1.80. The largest absolute Gasteiger partial charge is 0.492 e. The molecule has 0 bridgehead atoms. The molecule has 1 N–H and O–H groups in total. The van der Waals surface area contributed by atoms with Gasteiger partial charge in [0.25, 0.3) is 5.91 Å². The number of carbonyl (C=O) groups excluding carboxylic acids is 1. The third kappa shape index (κ3) is 4.27. The molecule has 0 unspecified atom stereocenters. The molecule has 0 atom stereocenters. The molecular formula is C19H20Cl2N2O4S. The Morgan fingerprint density at radius 3 is 2.57 bits per heavy atom. The third-order valence-corrected chi connectivity index (χ3v) is 7.12. The topological polar surface area (TPSA) is 75.7 Å². The Labute approximate surface area is 174 Å². The maximum Gasteiger partial charge on any atom is 0.257 e. The molecule has 1 saturated heterocycles. The maximum atomic E-state index is 13.0. The molecule has 2 aromatic rings. The molecule has 1 aliphatic rings. The lowest BCUT2D eigenvalue weighted by molar-refractivity contribution is 0.102. The van der Waals surface area contributed by atoms with E-state index in [-0.39, 0.29) is 26.3 Å². The Morgan fingerprint density at radius 2 is 1.89 bits per heavy atom. The minimum absolute atomic E-state index is 0.0336. The monoisotopic (exact) mass is 442 g/mol. The number of anilines is 1. The van der Waals surface area contributed by atoms with Crippen LogP contribution in [0, 0.1) is 0 Å². The number of carbonyl (C=O) groups is 1. The van der Waals surface area contributed by atoms with Crippen LogP contribution in [0.2, 0.25) is 10.0 Å². The van der Waals surface area contributed by atoms with Gasteiger partial charge in [0, 0.05) is 18.8 Å². The second kappa shape index (κ2) is 8.69. The van der Waals surface area contributed by atoms with E-state index in [0.29, 0.717) is 25.4 Å². The number of sulfonamides is 1. The summed E-state index contributed by atoms with van der Waals surface area (Å²) in [5.41, 5.74) is 0.522. The van der Waals surface area contributed by atoms with E-state index < -0.39 is 15.9 Å². The second-order valence-corrected chi connectivity index (χ2v) is 8.95. The van der Waals surface area contributed by atoms with Crippen LogP contribution in [0.1, 0.15) is 30.1 Å². The Bertz CT molecular complexity index is 989. The molecule has 0 spiro atoms. The first kappa shape index (κ1) is 20.9. The van der Waals surface area contributed by atoms with Crippen LogP contribution < -0.4 is 10.1 Å². The smallest absolute Gasteiger partial charge is 0.257 e. The number of nitrogens with one attached hydrogen (secondary N) is 1. The van der Waals surface area contributed by atoms with Gasteiger partial charge in [0.2, 0.25) is 10.0 Å². The van der Waals surface area contributed by atoms with Crippen molar-refractivity contribution in [3.8, 4) is 5.75 Å². The van der Waals surface area contributed by atoms with Crippen molar-refractivity contribution in [3.63, 3.8) is 0 Å². The highest BCUT2D eigenvalue weighted by molar-refractivity contribution is 7.89. The number of benzene rings is 2. The number of rotatable bonds is 6. The van der Waals surface area contributed by atoms with Gasteiger partial charge in [0.05, 0.1) is 22.2 Å². The zero-order valence-electron chi connectivity index (χ0n) is 15.2. The van der Waals surface area contributed by atoms with Crippen LogP contribution in [0.3, 0.4) is 0 Å². The molecule has 28 heavy (non-hydrogen) atoms. The van der Waals surface area contributed by atoms with E-state index in [0.717, 1.165) is 12.8 Å². The van der Waals surface area contributed by atoms with E-state index in [1.807, 2.05) is 0 Å². The normalized spacial score (nSPS) is 14.8. The van der Waals surface area contributed by atoms with E-state index >= 15 is 0 Å². The van der Waals surface area contributed by atoms with Gasteiger partial charge >= 0.3 is 0 Å². The second-order valence-electron chi connectivity index (χ2n) is 6.26. The van der Waals surface area contributed by atoms with Gasteiger partial charge < -0.3 is 10.1 Å². The highest BCUT2D eigenvalue weighted by Gasteiger charge is 2.30.